The molecule has 0 aliphatic heterocycles. The van der Waals surface area contributed by atoms with Crippen LogP contribution in [-0.2, 0) is 12.7 Å². The maximum atomic E-state index is 13.2. The van der Waals surface area contributed by atoms with Crippen molar-refractivity contribution in [2.24, 2.45) is 0 Å². The Labute approximate surface area is 170 Å². The fourth-order valence-electron chi connectivity index (χ4n) is 3.80. The third-order valence-corrected chi connectivity index (χ3v) is 5.55. The van der Waals surface area contributed by atoms with Crippen LogP contribution in [0.5, 0.6) is 0 Å². The molecule has 0 bridgehead atoms. The lowest BCUT2D eigenvalue weighted by Gasteiger charge is -2.33. The molecule has 2 N–H and O–H groups in total. The van der Waals surface area contributed by atoms with Crippen LogP contribution in [0.25, 0.3) is 10.9 Å². The largest absolute Gasteiger partial charge is 0.416 e. The molecule has 1 aliphatic carbocycles. The molecule has 1 fully saturated rings. The van der Waals surface area contributed by atoms with Crippen molar-refractivity contribution in [1.82, 2.24) is 14.5 Å². The van der Waals surface area contributed by atoms with Gasteiger partial charge in [-0.15, -0.1) is 0 Å². The van der Waals surface area contributed by atoms with E-state index in [-0.39, 0.29) is 23.7 Å². The summed E-state index contributed by atoms with van der Waals surface area (Å²) < 4.78 is 41.1. The first-order valence-corrected chi connectivity index (χ1v) is 9.61. The summed E-state index contributed by atoms with van der Waals surface area (Å²) in [6.07, 6.45) is -2.15. The number of nitrogens with one attached hydrogen (secondary N) is 1. The summed E-state index contributed by atoms with van der Waals surface area (Å²) in [5.41, 5.74) is 0.254. The molecule has 6 nitrogen and oxygen atoms in total. The summed E-state index contributed by atoms with van der Waals surface area (Å²) in [5.74, 6) is 0.893. The third kappa shape index (κ3) is 3.77. The Morgan fingerprint density at radius 3 is 2.63 bits per heavy atom. The molecular weight excluding hydrogens is 397 g/mol. The zero-order valence-corrected chi connectivity index (χ0v) is 16.5. The van der Waals surface area contributed by atoms with Gasteiger partial charge in [0.25, 0.3) is 5.56 Å². The number of aliphatic hydroxyl groups excluding tert-OH is 1. The van der Waals surface area contributed by atoms with Crippen molar-refractivity contribution in [2.45, 2.75) is 51.6 Å². The molecule has 0 saturated heterocycles. The van der Waals surface area contributed by atoms with E-state index in [1.54, 1.807) is 23.8 Å². The second-order valence-corrected chi connectivity index (χ2v) is 7.66. The number of fused-ring (bicyclic) bond motifs is 1. The molecule has 9 heteroatoms. The number of aryl methyl sites for hydroxylation is 1. The first-order chi connectivity index (χ1) is 14.1. The van der Waals surface area contributed by atoms with Crippen molar-refractivity contribution in [3.8, 4) is 0 Å². The Balaban J connectivity index is 1.69. The van der Waals surface area contributed by atoms with Crippen LogP contribution < -0.4 is 10.9 Å². The number of rotatable bonds is 4. The van der Waals surface area contributed by atoms with Crippen LogP contribution >= 0.6 is 0 Å². The van der Waals surface area contributed by atoms with E-state index in [2.05, 4.69) is 15.3 Å². The lowest BCUT2D eigenvalue weighted by atomic mass is 9.89. The fraction of sp³-hybridized carbons (Fsp3) is 0.381. The predicted molar refractivity (Wildman–Crippen MR) is 106 cm³/mol. The topological polar surface area (TPSA) is 80.0 Å². The zero-order valence-electron chi connectivity index (χ0n) is 16.5. The maximum Gasteiger partial charge on any atom is 0.416 e. The van der Waals surface area contributed by atoms with Gasteiger partial charge >= 0.3 is 6.18 Å². The molecule has 30 heavy (non-hydrogen) atoms. The van der Waals surface area contributed by atoms with Gasteiger partial charge in [-0.2, -0.15) is 13.2 Å². The van der Waals surface area contributed by atoms with E-state index >= 15 is 0 Å². The second kappa shape index (κ2) is 7.39. The number of aliphatic hydroxyl groups is 1. The normalized spacial score (nSPS) is 19.0. The van der Waals surface area contributed by atoms with Crippen LogP contribution in [0.1, 0.15) is 41.4 Å². The van der Waals surface area contributed by atoms with Crippen LogP contribution in [0.4, 0.5) is 19.0 Å². The molecule has 0 spiro atoms. The molecule has 0 amide bonds. The molecule has 1 saturated carbocycles. The summed E-state index contributed by atoms with van der Waals surface area (Å²) in [6, 6.07) is 5.43. The number of anilines is 1. The van der Waals surface area contributed by atoms with E-state index in [1.807, 2.05) is 0 Å². The highest BCUT2D eigenvalue weighted by molar-refractivity contribution is 5.88. The summed E-state index contributed by atoms with van der Waals surface area (Å²) in [6.45, 7) is 3.28. The number of hydrogen-bond donors (Lipinski definition) is 2. The average Bonchev–Trinajstić information content (AvgIpc) is 2.63. The van der Waals surface area contributed by atoms with Gasteiger partial charge < -0.3 is 15.0 Å². The Kier molecular flexibility index (Phi) is 5.01. The molecule has 1 aromatic carbocycles. The lowest BCUT2D eigenvalue weighted by Crippen LogP contribution is -2.36. The number of benzene rings is 1. The van der Waals surface area contributed by atoms with Crippen LogP contribution in [0.2, 0.25) is 0 Å². The van der Waals surface area contributed by atoms with Crippen LogP contribution in [0, 0.1) is 13.8 Å². The first-order valence-electron chi connectivity index (χ1n) is 9.61. The predicted octanol–water partition coefficient (Wildman–Crippen LogP) is 3.74. The van der Waals surface area contributed by atoms with E-state index in [0.717, 1.165) is 6.07 Å². The number of nitrogens with zero attached hydrogens (tertiary/aromatic N) is 3. The standard InChI is InChI=1S/C21H21F3N4O2/c1-11-13(4-3-5-17(11)21(22,23)24)9-25-20-16-10-28(14-6-15(29)7-14)19(30)8-18(16)26-12(2)27-20/h3-5,8,10,14-15,29H,6-7,9H2,1-2H3,(H,25,26,27). The average molecular weight is 418 g/mol. The molecule has 1 aliphatic rings. The molecule has 4 rings (SSSR count). The molecule has 0 atom stereocenters. The van der Waals surface area contributed by atoms with Gasteiger partial charge in [0.2, 0.25) is 0 Å². The molecule has 2 heterocycles. The van der Waals surface area contributed by atoms with Crippen molar-refractivity contribution < 1.29 is 18.3 Å². The number of pyridine rings is 1. The van der Waals surface area contributed by atoms with E-state index in [1.165, 1.54) is 19.1 Å². The monoisotopic (exact) mass is 418 g/mol. The van der Waals surface area contributed by atoms with E-state index < -0.39 is 17.8 Å². The number of hydrogen-bond acceptors (Lipinski definition) is 5. The Morgan fingerprint density at radius 2 is 1.97 bits per heavy atom. The number of alkyl halides is 3. The minimum Gasteiger partial charge on any atom is -0.393 e. The molecule has 0 unspecified atom stereocenters. The van der Waals surface area contributed by atoms with Crippen LogP contribution in [0.3, 0.4) is 0 Å². The Morgan fingerprint density at radius 1 is 1.23 bits per heavy atom. The molecular formula is C21H21F3N4O2. The summed E-state index contributed by atoms with van der Waals surface area (Å²) in [7, 11) is 0. The van der Waals surface area contributed by atoms with Crippen molar-refractivity contribution in [2.75, 3.05) is 5.32 Å². The highest BCUT2D eigenvalue weighted by Gasteiger charge is 2.33. The van der Waals surface area contributed by atoms with Gasteiger partial charge in [-0.3, -0.25) is 4.79 Å². The highest BCUT2D eigenvalue weighted by Crippen LogP contribution is 2.34. The Hall–Kier alpha value is -2.94. The zero-order chi connectivity index (χ0) is 21.6. The van der Waals surface area contributed by atoms with E-state index in [0.29, 0.717) is 41.0 Å². The van der Waals surface area contributed by atoms with E-state index in [4.69, 9.17) is 0 Å². The van der Waals surface area contributed by atoms with Crippen molar-refractivity contribution in [3.05, 3.63) is 63.3 Å². The number of aromatic nitrogens is 3. The van der Waals surface area contributed by atoms with E-state index in [9.17, 15) is 23.1 Å². The van der Waals surface area contributed by atoms with Gasteiger partial charge in [0, 0.05) is 24.8 Å². The van der Waals surface area contributed by atoms with Crippen molar-refractivity contribution >= 4 is 16.7 Å². The van der Waals surface area contributed by atoms with Gasteiger partial charge in [0.1, 0.15) is 11.6 Å². The van der Waals surface area contributed by atoms with Crippen molar-refractivity contribution in [1.29, 1.82) is 0 Å². The maximum absolute atomic E-state index is 13.2. The quantitative estimate of drug-likeness (QED) is 0.675. The van der Waals surface area contributed by atoms with Crippen LogP contribution in [0.15, 0.2) is 35.3 Å². The Bertz CT molecular complexity index is 1170. The smallest absolute Gasteiger partial charge is 0.393 e. The molecule has 2 aromatic heterocycles. The molecule has 0 radical (unpaired) electrons. The molecule has 158 valence electrons. The second-order valence-electron chi connectivity index (χ2n) is 7.66. The van der Waals surface area contributed by atoms with Crippen LogP contribution in [-0.4, -0.2) is 25.7 Å². The first kappa shape index (κ1) is 20.3. The molecule has 3 aromatic rings. The fourth-order valence-corrected chi connectivity index (χ4v) is 3.80. The van der Waals surface area contributed by atoms with Gasteiger partial charge in [-0.1, -0.05) is 12.1 Å². The summed E-state index contributed by atoms with van der Waals surface area (Å²) >= 11 is 0. The van der Waals surface area contributed by atoms with Gasteiger partial charge in [0.15, 0.2) is 0 Å². The minimum absolute atomic E-state index is 0.0863. The number of halogens is 3. The summed E-state index contributed by atoms with van der Waals surface area (Å²) in [5, 5.41) is 13.3. The highest BCUT2D eigenvalue weighted by atomic mass is 19.4. The van der Waals surface area contributed by atoms with Gasteiger partial charge in [-0.25, -0.2) is 9.97 Å². The van der Waals surface area contributed by atoms with Gasteiger partial charge in [0.05, 0.1) is 22.6 Å². The van der Waals surface area contributed by atoms with Gasteiger partial charge in [-0.05, 0) is 43.9 Å². The third-order valence-electron chi connectivity index (χ3n) is 5.55. The minimum atomic E-state index is -4.41. The lowest BCUT2D eigenvalue weighted by molar-refractivity contribution is -0.138. The van der Waals surface area contributed by atoms with Crippen molar-refractivity contribution in [3.63, 3.8) is 0 Å². The SMILES string of the molecule is Cc1nc(NCc2cccc(C(F)(F)F)c2C)c2cn(C3CC(O)C3)c(=O)cc2n1. The summed E-state index contributed by atoms with van der Waals surface area (Å²) in [4.78, 5) is 21.2.